The molecule has 0 atom stereocenters. The predicted octanol–water partition coefficient (Wildman–Crippen LogP) is -0.460. The first-order valence-electron chi connectivity index (χ1n) is 2.36. The maximum absolute atomic E-state index is 10.1. The summed E-state index contributed by atoms with van der Waals surface area (Å²) in [6.07, 6.45) is 0. The van der Waals surface area contributed by atoms with E-state index >= 15 is 0 Å². The van der Waals surface area contributed by atoms with E-state index in [1.54, 1.807) is 0 Å². The monoisotopic (exact) mass is 127 g/mol. The number of esters is 1. The Morgan fingerprint density at radius 3 is 2.57 bits per heavy atom. The van der Waals surface area contributed by atoms with Crippen LogP contribution in [-0.2, 0) is 9.53 Å². The van der Waals surface area contributed by atoms with Gasteiger partial charge in [-0.2, -0.15) is 0 Å². The summed E-state index contributed by atoms with van der Waals surface area (Å²) in [5, 5.41) is 0. The Morgan fingerprint density at radius 1 is 2.14 bits per heavy atom. The minimum absolute atomic E-state index is 0. The molecule has 0 saturated carbocycles. The van der Waals surface area contributed by atoms with Crippen LogP contribution in [0.4, 0.5) is 0 Å². The molecule has 0 fully saturated rings. The zero-order chi connectivity index (χ0) is 6.78. The van der Waals surface area contributed by atoms with Gasteiger partial charge in [0.05, 0.1) is 16.3 Å². The maximum atomic E-state index is 10.1. The Bertz CT molecular complexity index is 102. The molecule has 0 unspecified atom stereocenters. The first-order valence-corrected chi connectivity index (χ1v) is 1.36. The average molecular weight is 128 g/mol. The fourth-order valence-electron chi connectivity index (χ4n) is 0.0589. The molecule has 0 aromatic rings. The minimum Gasteiger partial charge on any atom is -0.468 e. The van der Waals surface area contributed by atoms with E-state index in [9.17, 15) is 4.79 Å². The highest BCUT2D eigenvalue weighted by Crippen LogP contribution is 1.61. The molecule has 0 aromatic carbocycles. The number of carbonyl (C=O) groups excluding carboxylic acids is 1. The van der Waals surface area contributed by atoms with Crippen LogP contribution < -0.4 is 5.73 Å². The van der Waals surface area contributed by atoms with E-state index in [1.807, 2.05) is 0 Å². The molecule has 0 rings (SSSR count). The third-order valence-corrected chi connectivity index (χ3v) is 0.303. The zero-order valence-electron chi connectivity index (χ0n) is 5.80. The van der Waals surface area contributed by atoms with Crippen LogP contribution in [0, 0.1) is 0 Å². The summed E-state index contributed by atoms with van der Waals surface area (Å²) in [6, 6.07) is 0. The van der Waals surface area contributed by atoms with Crippen molar-refractivity contribution in [3.05, 3.63) is 0 Å². The van der Waals surface area contributed by atoms with Crippen molar-refractivity contribution in [3.63, 3.8) is 0 Å². The van der Waals surface area contributed by atoms with Gasteiger partial charge in [0.2, 0.25) is 0 Å². The second-order valence-corrected chi connectivity index (χ2v) is 0.636. The molecule has 0 radical (unpaired) electrons. The predicted molar refractivity (Wildman–Crippen MR) is 28.3 cm³/mol. The molecule has 0 bridgehead atoms. The van der Waals surface area contributed by atoms with Crippen molar-refractivity contribution in [2.45, 2.75) is 0 Å². The van der Waals surface area contributed by atoms with Crippen molar-refractivity contribution in [1.29, 1.82) is 0 Å². The van der Waals surface area contributed by atoms with E-state index in [-0.39, 0.29) is 12.4 Å². The topological polar surface area (TPSA) is 52.3 Å². The zero-order valence-corrected chi connectivity index (χ0v) is 4.62. The van der Waals surface area contributed by atoms with Crippen LogP contribution in [0.5, 0.6) is 0 Å². The first-order chi connectivity index (χ1) is 3.48. The van der Waals surface area contributed by atoms with Gasteiger partial charge >= 0.3 is 5.97 Å². The second kappa shape index (κ2) is 5.72. The van der Waals surface area contributed by atoms with Gasteiger partial charge in [0.15, 0.2) is 0 Å². The van der Waals surface area contributed by atoms with E-state index in [4.69, 9.17) is 2.74 Å². The van der Waals surface area contributed by atoms with Crippen molar-refractivity contribution in [2.75, 3.05) is 13.6 Å². The van der Waals surface area contributed by atoms with E-state index in [1.165, 1.54) is 0 Å². The molecule has 0 aliphatic heterocycles. The number of rotatable bonds is 1. The lowest BCUT2D eigenvalue weighted by Crippen LogP contribution is -2.14. The number of nitrogens with two attached hydrogens (primary N) is 1. The van der Waals surface area contributed by atoms with E-state index < -0.39 is 12.5 Å². The standard InChI is InChI=1S/C3H7NO2.ClH/c1-6-3(5)2-4;/h2,4H2,1H3;1H/i2D2;. The van der Waals surface area contributed by atoms with E-state index in [2.05, 4.69) is 10.5 Å². The molecule has 7 heavy (non-hydrogen) atoms. The molecular weight excluding hydrogens is 117 g/mol. The second-order valence-electron chi connectivity index (χ2n) is 0.636. The van der Waals surface area contributed by atoms with Crippen molar-refractivity contribution in [2.24, 2.45) is 5.73 Å². The Labute approximate surface area is 51.0 Å². The molecule has 0 aromatic heterocycles. The number of hydrogen-bond donors (Lipinski definition) is 1. The molecule has 0 spiro atoms. The summed E-state index contributed by atoms with van der Waals surface area (Å²) in [7, 11) is 1.08. The summed E-state index contributed by atoms with van der Waals surface area (Å²) in [5.74, 6) is -1.06. The van der Waals surface area contributed by atoms with Crippen molar-refractivity contribution < 1.29 is 12.3 Å². The van der Waals surface area contributed by atoms with Gasteiger partial charge in [-0.25, -0.2) is 0 Å². The maximum Gasteiger partial charge on any atom is 0.319 e. The number of methoxy groups -OCH3 is 1. The third kappa shape index (κ3) is 5.72. The largest absolute Gasteiger partial charge is 0.468 e. The summed E-state index contributed by atoms with van der Waals surface area (Å²) in [4.78, 5) is 10.1. The molecular formula is C3H8ClNO2. The van der Waals surface area contributed by atoms with Gasteiger partial charge < -0.3 is 10.5 Å². The molecule has 3 nitrogen and oxygen atoms in total. The molecule has 44 valence electrons. The molecule has 4 heteroatoms. The molecule has 0 heterocycles. The lowest BCUT2D eigenvalue weighted by atomic mass is 10.7. The Kier molecular flexibility index (Phi) is 3.98. The fourth-order valence-corrected chi connectivity index (χ4v) is 0.0589. The number of carbonyl (C=O) groups is 1. The van der Waals surface area contributed by atoms with Crippen LogP contribution in [-0.4, -0.2) is 19.6 Å². The van der Waals surface area contributed by atoms with Crippen molar-refractivity contribution >= 4 is 18.4 Å². The smallest absolute Gasteiger partial charge is 0.319 e. The van der Waals surface area contributed by atoms with Gasteiger partial charge in [-0.05, 0) is 0 Å². The average Bonchev–Trinajstić information content (AvgIpc) is 1.62. The molecule has 0 aliphatic rings. The van der Waals surface area contributed by atoms with Gasteiger partial charge in [-0.1, -0.05) is 0 Å². The Hall–Kier alpha value is -0.280. The molecule has 0 amide bonds. The van der Waals surface area contributed by atoms with Gasteiger partial charge in [0.1, 0.15) is 0 Å². The summed E-state index contributed by atoms with van der Waals surface area (Å²) in [6.45, 7) is -2.35. The SMILES string of the molecule is Cl.[2H]C([2H])(N)C(=O)OC. The van der Waals surface area contributed by atoms with Gasteiger partial charge in [0, 0.05) is 0 Å². The van der Waals surface area contributed by atoms with Crippen LogP contribution in [0.25, 0.3) is 0 Å². The van der Waals surface area contributed by atoms with Crippen LogP contribution >= 0.6 is 12.4 Å². The third-order valence-electron chi connectivity index (χ3n) is 0.303. The van der Waals surface area contributed by atoms with E-state index in [0.29, 0.717) is 0 Å². The molecule has 0 aliphatic carbocycles. The number of ether oxygens (including phenoxy) is 1. The number of hydrogen-bond acceptors (Lipinski definition) is 3. The van der Waals surface area contributed by atoms with Crippen LogP contribution in [0.15, 0.2) is 0 Å². The van der Waals surface area contributed by atoms with Gasteiger partial charge in [-0.3, -0.25) is 4.79 Å². The van der Waals surface area contributed by atoms with Crippen LogP contribution in [0.2, 0.25) is 0 Å². The van der Waals surface area contributed by atoms with Crippen LogP contribution in [0.1, 0.15) is 2.74 Å². The summed E-state index contributed by atoms with van der Waals surface area (Å²) in [5.41, 5.74) is 4.65. The minimum atomic E-state index is -2.35. The quantitative estimate of drug-likeness (QED) is 0.485. The summed E-state index contributed by atoms with van der Waals surface area (Å²) < 4.78 is 17.0. The number of halogens is 1. The highest BCUT2D eigenvalue weighted by atomic mass is 35.5. The normalized spacial score (nSPS) is 12.9. The lowest BCUT2D eigenvalue weighted by Gasteiger charge is -1.87. The Balaban J connectivity index is 0. The van der Waals surface area contributed by atoms with Gasteiger partial charge in [0.25, 0.3) is 0 Å². The highest BCUT2D eigenvalue weighted by molar-refractivity contribution is 5.85. The van der Waals surface area contributed by atoms with Crippen molar-refractivity contribution in [3.8, 4) is 0 Å². The van der Waals surface area contributed by atoms with Gasteiger partial charge in [-0.15, -0.1) is 12.4 Å². The lowest BCUT2D eigenvalue weighted by molar-refractivity contribution is -0.138. The van der Waals surface area contributed by atoms with Crippen LogP contribution in [0.3, 0.4) is 0 Å². The Morgan fingerprint density at radius 2 is 2.57 bits per heavy atom. The first kappa shape index (κ1) is 4.87. The summed E-state index contributed by atoms with van der Waals surface area (Å²) >= 11 is 0. The highest BCUT2D eigenvalue weighted by Gasteiger charge is 1.87. The van der Waals surface area contributed by atoms with E-state index in [0.717, 1.165) is 7.11 Å². The fraction of sp³-hybridized carbons (Fsp3) is 0.667. The molecule has 2 N–H and O–H groups in total. The molecule has 0 saturated heterocycles. The van der Waals surface area contributed by atoms with Crippen molar-refractivity contribution in [1.82, 2.24) is 0 Å².